The Morgan fingerprint density at radius 1 is 1.20 bits per heavy atom. The molecule has 0 radical (unpaired) electrons. The Bertz CT molecular complexity index is 626. The second-order valence-corrected chi connectivity index (χ2v) is 7.46. The van der Waals surface area contributed by atoms with Gasteiger partial charge in [0.15, 0.2) is 0 Å². The van der Waals surface area contributed by atoms with Crippen LogP contribution in [0, 0.1) is 13.8 Å². The van der Waals surface area contributed by atoms with Gasteiger partial charge in [0.1, 0.15) is 5.82 Å². The molecule has 6 nitrogen and oxygen atoms in total. The van der Waals surface area contributed by atoms with Crippen LogP contribution in [0.15, 0.2) is 0 Å². The fourth-order valence-corrected chi connectivity index (χ4v) is 4.09. The summed E-state index contributed by atoms with van der Waals surface area (Å²) in [6, 6.07) is 0.517. The lowest BCUT2D eigenvalue weighted by molar-refractivity contribution is 0.0635. The Morgan fingerprint density at radius 3 is 2.52 bits per heavy atom. The van der Waals surface area contributed by atoms with Crippen LogP contribution in [0.2, 0.25) is 0 Å². The van der Waals surface area contributed by atoms with Crippen LogP contribution in [-0.4, -0.2) is 52.5 Å². The number of hydrogen-bond donors (Lipinski definition) is 1. The van der Waals surface area contributed by atoms with Crippen molar-refractivity contribution in [3.05, 3.63) is 17.1 Å². The van der Waals surface area contributed by atoms with Crippen LogP contribution >= 0.6 is 0 Å². The van der Waals surface area contributed by atoms with E-state index in [9.17, 15) is 4.79 Å². The molecule has 25 heavy (non-hydrogen) atoms. The van der Waals surface area contributed by atoms with Crippen LogP contribution in [0.25, 0.3) is 0 Å². The van der Waals surface area contributed by atoms with Crippen molar-refractivity contribution in [2.45, 2.75) is 71.4 Å². The first-order chi connectivity index (χ1) is 12.0. The molecule has 1 saturated heterocycles. The number of anilines is 1. The number of hydrogen-bond acceptors (Lipinski definition) is 5. The molecule has 1 aliphatic heterocycles. The first-order valence-corrected chi connectivity index (χ1v) is 9.68. The van der Waals surface area contributed by atoms with E-state index in [1.165, 1.54) is 19.3 Å². The number of nitrogens with two attached hydrogens (primary N) is 1. The van der Waals surface area contributed by atoms with E-state index in [4.69, 9.17) is 5.73 Å². The van der Waals surface area contributed by atoms with Gasteiger partial charge in [-0.05, 0) is 40.0 Å². The average Bonchev–Trinajstić information content (AvgIpc) is 3.05. The van der Waals surface area contributed by atoms with E-state index in [0.29, 0.717) is 18.4 Å². The van der Waals surface area contributed by atoms with Gasteiger partial charge in [0, 0.05) is 43.0 Å². The SMILES string of the molecule is CCN(C(=O)c1nc(C)c(C)c(N2CC[C@@H](N)C2)n1)C1CCCCC1. The van der Waals surface area contributed by atoms with Crippen LogP contribution in [0.1, 0.15) is 67.3 Å². The van der Waals surface area contributed by atoms with E-state index in [-0.39, 0.29) is 11.9 Å². The van der Waals surface area contributed by atoms with Gasteiger partial charge in [-0.25, -0.2) is 9.97 Å². The Labute approximate surface area is 150 Å². The minimum absolute atomic E-state index is 0.0257. The number of nitrogens with zero attached hydrogens (tertiary/aromatic N) is 4. The third-order valence-electron chi connectivity index (χ3n) is 5.70. The third-order valence-corrected chi connectivity index (χ3v) is 5.70. The minimum atomic E-state index is -0.0257. The molecular formula is C19H31N5O. The number of carbonyl (C=O) groups is 1. The summed E-state index contributed by atoms with van der Waals surface area (Å²) in [7, 11) is 0. The zero-order chi connectivity index (χ0) is 18.0. The monoisotopic (exact) mass is 345 g/mol. The van der Waals surface area contributed by atoms with E-state index in [1.807, 2.05) is 25.7 Å². The smallest absolute Gasteiger partial charge is 0.291 e. The second-order valence-electron chi connectivity index (χ2n) is 7.46. The molecule has 2 N–H and O–H groups in total. The molecular weight excluding hydrogens is 314 g/mol. The first kappa shape index (κ1) is 18.1. The molecule has 0 aromatic carbocycles. The summed E-state index contributed by atoms with van der Waals surface area (Å²) in [5.41, 5.74) is 7.99. The predicted molar refractivity (Wildman–Crippen MR) is 99.9 cm³/mol. The van der Waals surface area contributed by atoms with E-state index in [2.05, 4.69) is 14.9 Å². The average molecular weight is 345 g/mol. The number of aryl methyl sites for hydroxylation is 1. The molecule has 2 aliphatic rings. The summed E-state index contributed by atoms with van der Waals surface area (Å²) in [6.07, 6.45) is 6.85. The standard InChI is InChI=1S/C19H31N5O/c1-4-24(16-8-6-5-7-9-16)19(25)17-21-14(3)13(2)18(22-17)23-11-10-15(20)12-23/h15-16H,4-12,20H2,1-3H3/t15-/m1/s1. The molecule has 1 aromatic heterocycles. The van der Waals surface area contributed by atoms with Gasteiger partial charge in [-0.1, -0.05) is 19.3 Å². The van der Waals surface area contributed by atoms with Gasteiger partial charge >= 0.3 is 0 Å². The zero-order valence-electron chi connectivity index (χ0n) is 15.8. The summed E-state index contributed by atoms with van der Waals surface area (Å²) < 4.78 is 0. The van der Waals surface area contributed by atoms with E-state index < -0.39 is 0 Å². The van der Waals surface area contributed by atoms with Crippen molar-refractivity contribution in [3.63, 3.8) is 0 Å². The molecule has 1 amide bonds. The molecule has 0 unspecified atom stereocenters. The van der Waals surface area contributed by atoms with Gasteiger partial charge in [-0.3, -0.25) is 4.79 Å². The van der Waals surface area contributed by atoms with Crippen molar-refractivity contribution in [2.75, 3.05) is 24.5 Å². The molecule has 2 heterocycles. The van der Waals surface area contributed by atoms with Gasteiger partial charge in [-0.2, -0.15) is 0 Å². The molecule has 2 fully saturated rings. The van der Waals surface area contributed by atoms with Crippen LogP contribution in [0.4, 0.5) is 5.82 Å². The van der Waals surface area contributed by atoms with Gasteiger partial charge in [0.2, 0.25) is 5.82 Å². The summed E-state index contributed by atoms with van der Waals surface area (Å²) >= 11 is 0. The zero-order valence-corrected chi connectivity index (χ0v) is 15.8. The Hall–Kier alpha value is -1.69. The normalized spacial score (nSPS) is 21.6. The highest BCUT2D eigenvalue weighted by Gasteiger charge is 2.29. The fourth-order valence-electron chi connectivity index (χ4n) is 4.09. The number of rotatable bonds is 4. The predicted octanol–water partition coefficient (Wildman–Crippen LogP) is 2.43. The lowest BCUT2D eigenvalue weighted by Crippen LogP contribution is -2.42. The largest absolute Gasteiger partial charge is 0.355 e. The maximum absolute atomic E-state index is 13.1. The molecule has 138 valence electrons. The highest BCUT2D eigenvalue weighted by atomic mass is 16.2. The van der Waals surface area contributed by atoms with Crippen molar-refractivity contribution in [2.24, 2.45) is 5.73 Å². The highest BCUT2D eigenvalue weighted by Crippen LogP contribution is 2.26. The molecule has 0 spiro atoms. The van der Waals surface area contributed by atoms with Crippen LogP contribution < -0.4 is 10.6 Å². The Kier molecular flexibility index (Phi) is 5.57. The van der Waals surface area contributed by atoms with Crippen molar-refractivity contribution >= 4 is 11.7 Å². The van der Waals surface area contributed by atoms with Gasteiger partial charge in [0.05, 0.1) is 0 Å². The van der Waals surface area contributed by atoms with Crippen LogP contribution in [0.5, 0.6) is 0 Å². The van der Waals surface area contributed by atoms with Crippen molar-refractivity contribution < 1.29 is 4.79 Å². The topological polar surface area (TPSA) is 75.4 Å². The number of amides is 1. The number of aromatic nitrogens is 2. The van der Waals surface area contributed by atoms with Crippen molar-refractivity contribution in [1.82, 2.24) is 14.9 Å². The molecule has 6 heteroatoms. The summed E-state index contributed by atoms with van der Waals surface area (Å²) in [6.45, 7) is 8.45. The molecule has 1 aliphatic carbocycles. The molecule has 1 saturated carbocycles. The fraction of sp³-hybridized carbons (Fsp3) is 0.737. The minimum Gasteiger partial charge on any atom is -0.355 e. The molecule has 1 aromatic rings. The van der Waals surface area contributed by atoms with Gasteiger partial charge < -0.3 is 15.5 Å². The van der Waals surface area contributed by atoms with E-state index >= 15 is 0 Å². The lowest BCUT2D eigenvalue weighted by Gasteiger charge is -2.33. The molecule has 0 bridgehead atoms. The van der Waals surface area contributed by atoms with E-state index in [0.717, 1.165) is 49.4 Å². The Balaban J connectivity index is 1.87. The van der Waals surface area contributed by atoms with Crippen LogP contribution in [-0.2, 0) is 0 Å². The van der Waals surface area contributed by atoms with Crippen molar-refractivity contribution in [3.8, 4) is 0 Å². The summed E-state index contributed by atoms with van der Waals surface area (Å²) in [5.74, 6) is 1.19. The van der Waals surface area contributed by atoms with E-state index in [1.54, 1.807) is 0 Å². The molecule has 3 rings (SSSR count). The van der Waals surface area contributed by atoms with Gasteiger partial charge in [-0.15, -0.1) is 0 Å². The molecule has 1 atom stereocenters. The highest BCUT2D eigenvalue weighted by molar-refractivity contribution is 5.91. The third kappa shape index (κ3) is 3.78. The number of carbonyl (C=O) groups excluding carboxylic acids is 1. The Morgan fingerprint density at radius 2 is 1.92 bits per heavy atom. The first-order valence-electron chi connectivity index (χ1n) is 9.68. The quantitative estimate of drug-likeness (QED) is 0.907. The van der Waals surface area contributed by atoms with Gasteiger partial charge in [0.25, 0.3) is 5.91 Å². The summed E-state index contributed by atoms with van der Waals surface area (Å²) in [5, 5.41) is 0. The lowest BCUT2D eigenvalue weighted by atomic mass is 9.94. The van der Waals surface area contributed by atoms with Crippen LogP contribution in [0.3, 0.4) is 0 Å². The van der Waals surface area contributed by atoms with Crippen molar-refractivity contribution in [1.29, 1.82) is 0 Å². The maximum Gasteiger partial charge on any atom is 0.291 e. The maximum atomic E-state index is 13.1. The summed E-state index contributed by atoms with van der Waals surface area (Å²) in [4.78, 5) is 26.5. The second kappa shape index (κ2) is 7.68.